The molecule has 2 rings (SSSR count). The summed E-state index contributed by atoms with van der Waals surface area (Å²) in [7, 11) is 0. The van der Waals surface area contributed by atoms with Gasteiger partial charge in [-0.1, -0.05) is 41.5 Å². The zero-order valence-corrected chi connectivity index (χ0v) is 12.5. The zero-order chi connectivity index (χ0) is 13.8. The number of H-pyrrole nitrogens is 2. The highest BCUT2D eigenvalue weighted by atomic mass is 14.7. The zero-order valence-electron chi connectivity index (χ0n) is 12.5. The molecule has 0 fully saturated rings. The van der Waals surface area contributed by atoms with Gasteiger partial charge in [-0.25, -0.2) is 0 Å². The van der Waals surface area contributed by atoms with Crippen molar-refractivity contribution in [3.63, 3.8) is 0 Å². The fourth-order valence-electron chi connectivity index (χ4n) is 1.59. The Balaban J connectivity index is 0.000000180. The van der Waals surface area contributed by atoms with Crippen molar-refractivity contribution in [3.8, 4) is 0 Å². The average Bonchev–Trinajstić information content (AvgIpc) is 2.91. The summed E-state index contributed by atoms with van der Waals surface area (Å²) in [4.78, 5) is 6.21. The second-order valence-corrected chi connectivity index (χ2v) is 6.68. The average molecular weight is 246 g/mol. The molecule has 2 aromatic heterocycles. The first-order chi connectivity index (χ1) is 8.21. The van der Waals surface area contributed by atoms with Gasteiger partial charge in [-0.05, 0) is 29.2 Å². The lowest BCUT2D eigenvalue weighted by molar-refractivity contribution is 0.573. The first kappa shape index (κ1) is 14.6. The number of nitrogens with one attached hydrogen (secondary N) is 2. The third kappa shape index (κ3) is 4.44. The quantitative estimate of drug-likeness (QED) is 0.679. The predicted molar refractivity (Wildman–Crippen MR) is 79.0 cm³/mol. The van der Waals surface area contributed by atoms with Gasteiger partial charge in [0.2, 0.25) is 0 Å². The highest BCUT2D eigenvalue weighted by molar-refractivity contribution is 5.17. The van der Waals surface area contributed by atoms with Gasteiger partial charge in [0.1, 0.15) is 0 Å². The number of rotatable bonds is 0. The summed E-state index contributed by atoms with van der Waals surface area (Å²) in [5.41, 5.74) is 3.22. The Morgan fingerprint density at radius 2 is 1.50 bits per heavy atom. The molecule has 18 heavy (non-hydrogen) atoms. The van der Waals surface area contributed by atoms with E-state index < -0.39 is 0 Å². The van der Waals surface area contributed by atoms with Crippen molar-refractivity contribution in [1.29, 1.82) is 0 Å². The topological polar surface area (TPSA) is 31.6 Å². The minimum Gasteiger partial charge on any atom is -0.367 e. The van der Waals surface area contributed by atoms with Crippen LogP contribution in [0.1, 0.15) is 52.8 Å². The van der Waals surface area contributed by atoms with Crippen LogP contribution in [0, 0.1) is 0 Å². The number of aromatic nitrogens is 2. The van der Waals surface area contributed by atoms with Gasteiger partial charge in [-0.2, -0.15) is 0 Å². The predicted octanol–water partition coefficient (Wildman–Crippen LogP) is 4.62. The van der Waals surface area contributed by atoms with Crippen molar-refractivity contribution in [1.82, 2.24) is 9.97 Å². The van der Waals surface area contributed by atoms with Crippen molar-refractivity contribution in [3.05, 3.63) is 48.0 Å². The summed E-state index contributed by atoms with van der Waals surface area (Å²) in [5.74, 6) is 0. The van der Waals surface area contributed by atoms with Gasteiger partial charge in [-0.15, -0.1) is 0 Å². The van der Waals surface area contributed by atoms with Crippen LogP contribution >= 0.6 is 0 Å². The first-order valence-electron chi connectivity index (χ1n) is 6.48. The van der Waals surface area contributed by atoms with Crippen molar-refractivity contribution in [2.24, 2.45) is 0 Å². The van der Waals surface area contributed by atoms with Gasteiger partial charge in [0.05, 0.1) is 0 Å². The molecule has 0 atom stereocenters. The molecule has 0 aliphatic rings. The highest BCUT2D eigenvalue weighted by Gasteiger charge is 2.13. The van der Waals surface area contributed by atoms with Gasteiger partial charge in [0.15, 0.2) is 0 Å². The minimum atomic E-state index is 0.267. The Morgan fingerprint density at radius 1 is 0.833 bits per heavy atom. The van der Waals surface area contributed by atoms with Crippen LogP contribution in [-0.2, 0) is 10.8 Å². The van der Waals surface area contributed by atoms with E-state index in [0.29, 0.717) is 5.41 Å². The van der Waals surface area contributed by atoms with Gasteiger partial charge >= 0.3 is 0 Å². The molecule has 100 valence electrons. The normalized spacial score (nSPS) is 11.9. The van der Waals surface area contributed by atoms with Crippen LogP contribution in [0.2, 0.25) is 0 Å². The molecule has 0 saturated heterocycles. The van der Waals surface area contributed by atoms with E-state index in [1.165, 1.54) is 11.3 Å². The van der Waals surface area contributed by atoms with E-state index >= 15 is 0 Å². The molecule has 0 aliphatic heterocycles. The highest BCUT2D eigenvalue weighted by Crippen LogP contribution is 2.20. The molecule has 0 amide bonds. The minimum absolute atomic E-state index is 0.267. The van der Waals surface area contributed by atoms with E-state index in [0.717, 1.165) is 0 Å². The molecule has 2 heteroatoms. The Bertz CT molecular complexity index is 378. The largest absolute Gasteiger partial charge is 0.367 e. The van der Waals surface area contributed by atoms with Crippen LogP contribution in [0.25, 0.3) is 0 Å². The number of hydrogen-bond acceptors (Lipinski definition) is 0. The summed E-state index contributed by atoms with van der Waals surface area (Å²) in [5, 5.41) is 0. The number of hydrogen-bond donors (Lipinski definition) is 2. The molecule has 0 unspecified atom stereocenters. The number of aromatic amines is 2. The second-order valence-electron chi connectivity index (χ2n) is 6.68. The van der Waals surface area contributed by atoms with E-state index in [2.05, 4.69) is 63.6 Å². The molecule has 2 nitrogen and oxygen atoms in total. The van der Waals surface area contributed by atoms with Crippen molar-refractivity contribution >= 4 is 0 Å². The van der Waals surface area contributed by atoms with Crippen molar-refractivity contribution in [2.75, 3.05) is 0 Å². The Kier molecular flexibility index (Phi) is 4.44. The van der Waals surface area contributed by atoms with Crippen LogP contribution in [0.3, 0.4) is 0 Å². The Labute approximate surface area is 111 Å². The SMILES string of the molecule is CC(C)(C)c1cc[nH]c1.CC(C)(C)c1ccc[nH]1. The van der Waals surface area contributed by atoms with Gasteiger partial charge in [-0.3, -0.25) is 0 Å². The van der Waals surface area contributed by atoms with E-state index in [4.69, 9.17) is 0 Å². The summed E-state index contributed by atoms with van der Waals surface area (Å²) < 4.78 is 0. The van der Waals surface area contributed by atoms with E-state index in [9.17, 15) is 0 Å². The van der Waals surface area contributed by atoms with Crippen molar-refractivity contribution in [2.45, 2.75) is 52.4 Å². The molecule has 2 aromatic rings. The molecule has 0 radical (unpaired) electrons. The fraction of sp³-hybridized carbons (Fsp3) is 0.500. The Hall–Kier alpha value is -1.44. The van der Waals surface area contributed by atoms with Crippen LogP contribution in [0.5, 0.6) is 0 Å². The molecule has 0 spiro atoms. The first-order valence-corrected chi connectivity index (χ1v) is 6.48. The molecular weight excluding hydrogens is 220 g/mol. The van der Waals surface area contributed by atoms with Crippen molar-refractivity contribution < 1.29 is 0 Å². The third-order valence-corrected chi connectivity index (χ3v) is 2.87. The molecule has 0 aromatic carbocycles. The summed E-state index contributed by atoms with van der Waals surface area (Å²) >= 11 is 0. The molecule has 2 heterocycles. The maximum absolute atomic E-state index is 3.18. The summed E-state index contributed by atoms with van der Waals surface area (Å²) in [6.07, 6.45) is 5.96. The van der Waals surface area contributed by atoms with E-state index in [1.807, 2.05) is 24.7 Å². The molecular formula is C16H26N2. The molecule has 0 aliphatic carbocycles. The maximum atomic E-state index is 3.18. The van der Waals surface area contributed by atoms with E-state index in [1.54, 1.807) is 0 Å². The third-order valence-electron chi connectivity index (χ3n) is 2.87. The van der Waals surface area contributed by atoms with Crippen LogP contribution in [0.4, 0.5) is 0 Å². The van der Waals surface area contributed by atoms with E-state index in [-0.39, 0.29) is 5.41 Å². The van der Waals surface area contributed by atoms with Crippen LogP contribution < -0.4 is 0 Å². The smallest absolute Gasteiger partial charge is 0.0201 e. The summed E-state index contributed by atoms with van der Waals surface area (Å²) in [6.45, 7) is 13.2. The standard InChI is InChI=1S/2C8H13N/c1-8(2,3)7-4-5-9-6-7;1-8(2,3)7-5-4-6-9-7/h2*4-6,9H,1-3H3. The fourth-order valence-corrected chi connectivity index (χ4v) is 1.59. The van der Waals surface area contributed by atoms with Gasteiger partial charge < -0.3 is 9.97 Å². The van der Waals surface area contributed by atoms with Gasteiger partial charge in [0.25, 0.3) is 0 Å². The lowest BCUT2D eigenvalue weighted by Gasteiger charge is -2.15. The second kappa shape index (κ2) is 5.47. The molecule has 0 saturated carbocycles. The van der Waals surface area contributed by atoms with Gasteiger partial charge in [0, 0.05) is 29.7 Å². The summed E-state index contributed by atoms with van der Waals surface area (Å²) in [6, 6.07) is 6.25. The lowest BCUT2D eigenvalue weighted by Crippen LogP contribution is -2.10. The maximum Gasteiger partial charge on any atom is 0.0201 e. The van der Waals surface area contributed by atoms with Crippen LogP contribution in [-0.4, -0.2) is 9.97 Å². The monoisotopic (exact) mass is 246 g/mol. The Morgan fingerprint density at radius 3 is 1.72 bits per heavy atom. The lowest BCUT2D eigenvalue weighted by atomic mass is 9.89. The van der Waals surface area contributed by atoms with Crippen LogP contribution in [0.15, 0.2) is 36.8 Å². The molecule has 2 N–H and O–H groups in total. The molecule has 0 bridgehead atoms.